The van der Waals surface area contributed by atoms with Gasteiger partial charge in [-0.15, -0.1) is 10.2 Å². The summed E-state index contributed by atoms with van der Waals surface area (Å²) < 4.78 is 12.8. The summed E-state index contributed by atoms with van der Waals surface area (Å²) >= 11 is 7.28. The van der Waals surface area contributed by atoms with E-state index in [4.69, 9.17) is 21.1 Å². The van der Waals surface area contributed by atoms with Crippen LogP contribution in [0.5, 0.6) is 11.5 Å². The molecule has 4 aromatic rings. The zero-order valence-corrected chi connectivity index (χ0v) is 20.0. The highest BCUT2D eigenvalue weighted by molar-refractivity contribution is 7.99. The summed E-state index contributed by atoms with van der Waals surface area (Å²) in [5.74, 6) is 2.08. The molecule has 0 radical (unpaired) electrons. The van der Waals surface area contributed by atoms with E-state index in [9.17, 15) is 4.79 Å². The molecular formula is C25H22ClN3O3S. The van der Waals surface area contributed by atoms with E-state index in [1.165, 1.54) is 11.8 Å². The van der Waals surface area contributed by atoms with Gasteiger partial charge in [0, 0.05) is 21.8 Å². The number of aryl methyl sites for hydroxylation is 1. The molecule has 0 aliphatic carbocycles. The molecule has 0 saturated carbocycles. The number of ketones is 1. The Hall–Kier alpha value is -3.29. The highest BCUT2D eigenvalue weighted by atomic mass is 35.5. The first-order valence-corrected chi connectivity index (χ1v) is 11.5. The lowest BCUT2D eigenvalue weighted by Crippen LogP contribution is -2.05. The third-order valence-electron chi connectivity index (χ3n) is 5.03. The Morgan fingerprint density at radius 3 is 2.42 bits per heavy atom. The number of aromatic nitrogens is 3. The van der Waals surface area contributed by atoms with Gasteiger partial charge in [0.2, 0.25) is 0 Å². The Bertz CT molecular complexity index is 1290. The highest BCUT2D eigenvalue weighted by Crippen LogP contribution is 2.34. The van der Waals surface area contributed by atoms with Crippen LogP contribution in [0, 0.1) is 6.92 Å². The molecule has 33 heavy (non-hydrogen) atoms. The van der Waals surface area contributed by atoms with E-state index in [0.717, 1.165) is 16.8 Å². The van der Waals surface area contributed by atoms with Gasteiger partial charge >= 0.3 is 0 Å². The molecule has 4 rings (SSSR count). The molecular weight excluding hydrogens is 458 g/mol. The molecule has 0 unspecified atom stereocenters. The Labute approximate surface area is 201 Å². The minimum absolute atomic E-state index is 0.0110. The number of hydrogen-bond donors (Lipinski definition) is 0. The second-order valence-corrected chi connectivity index (χ2v) is 8.65. The third-order valence-corrected chi connectivity index (χ3v) is 6.21. The van der Waals surface area contributed by atoms with Gasteiger partial charge in [0.05, 0.1) is 20.0 Å². The Morgan fingerprint density at radius 2 is 1.73 bits per heavy atom. The molecule has 168 valence electrons. The van der Waals surface area contributed by atoms with Crippen molar-refractivity contribution in [2.45, 2.75) is 12.1 Å². The fourth-order valence-corrected chi connectivity index (χ4v) is 4.35. The number of benzene rings is 3. The summed E-state index contributed by atoms with van der Waals surface area (Å²) in [5.41, 5.74) is 3.44. The molecule has 0 saturated heterocycles. The second-order valence-electron chi connectivity index (χ2n) is 7.27. The largest absolute Gasteiger partial charge is 0.493 e. The maximum absolute atomic E-state index is 12.7. The summed E-state index contributed by atoms with van der Waals surface area (Å²) in [6, 6.07) is 20.5. The minimum atomic E-state index is -0.0110. The van der Waals surface area contributed by atoms with E-state index in [2.05, 4.69) is 16.3 Å². The average Bonchev–Trinajstić information content (AvgIpc) is 3.26. The number of nitrogens with zero attached hydrogens (tertiary/aromatic N) is 3. The fraction of sp³-hybridized carbons (Fsp3) is 0.160. The normalized spacial score (nSPS) is 10.8. The van der Waals surface area contributed by atoms with E-state index in [-0.39, 0.29) is 11.5 Å². The molecule has 0 spiro atoms. The highest BCUT2D eigenvalue weighted by Gasteiger charge is 2.19. The molecule has 0 amide bonds. The van der Waals surface area contributed by atoms with Crippen LogP contribution in [-0.2, 0) is 0 Å². The summed E-state index contributed by atoms with van der Waals surface area (Å²) in [5, 5.41) is 10.1. The van der Waals surface area contributed by atoms with Crippen LogP contribution in [0.1, 0.15) is 15.9 Å². The van der Waals surface area contributed by atoms with Gasteiger partial charge in [-0.05, 0) is 67.1 Å². The van der Waals surface area contributed by atoms with E-state index < -0.39 is 0 Å². The van der Waals surface area contributed by atoms with Crippen molar-refractivity contribution >= 4 is 29.1 Å². The number of hydrogen-bond acceptors (Lipinski definition) is 6. The Balaban J connectivity index is 1.71. The van der Waals surface area contributed by atoms with Gasteiger partial charge in [0.15, 0.2) is 28.3 Å². The maximum Gasteiger partial charge on any atom is 0.196 e. The van der Waals surface area contributed by atoms with Crippen LogP contribution >= 0.6 is 23.4 Å². The van der Waals surface area contributed by atoms with Gasteiger partial charge in [0.25, 0.3) is 0 Å². The standard InChI is InChI=1S/C25H22ClN3O3S/c1-16-5-4-6-20(13-16)29-24(18-9-12-22(31-2)23(14-18)32-3)27-28-25(29)33-15-21(30)17-7-10-19(26)11-8-17/h4-14H,15H2,1-3H3. The van der Waals surface area contributed by atoms with E-state index in [0.29, 0.717) is 33.1 Å². The second kappa shape index (κ2) is 10.1. The van der Waals surface area contributed by atoms with Crippen molar-refractivity contribution < 1.29 is 14.3 Å². The zero-order valence-electron chi connectivity index (χ0n) is 18.4. The van der Waals surface area contributed by atoms with Gasteiger partial charge in [-0.25, -0.2) is 0 Å². The minimum Gasteiger partial charge on any atom is -0.493 e. The lowest BCUT2D eigenvalue weighted by Gasteiger charge is -2.13. The van der Waals surface area contributed by atoms with Crippen molar-refractivity contribution in [2.24, 2.45) is 0 Å². The SMILES string of the molecule is COc1ccc(-c2nnc(SCC(=O)c3ccc(Cl)cc3)n2-c2cccc(C)c2)cc1OC. The van der Waals surface area contributed by atoms with E-state index in [1.807, 2.05) is 47.9 Å². The number of thioether (sulfide) groups is 1. The monoisotopic (exact) mass is 479 g/mol. The number of Topliss-reactive ketones (excluding diaryl/α,β-unsaturated/α-hetero) is 1. The number of carbonyl (C=O) groups is 1. The first kappa shape index (κ1) is 22.9. The van der Waals surface area contributed by atoms with E-state index >= 15 is 0 Å². The molecule has 0 bridgehead atoms. The molecule has 6 nitrogen and oxygen atoms in total. The lowest BCUT2D eigenvalue weighted by atomic mass is 10.1. The molecule has 0 fully saturated rings. The van der Waals surface area contributed by atoms with Crippen molar-refractivity contribution in [3.05, 3.63) is 82.9 Å². The van der Waals surface area contributed by atoms with Crippen LogP contribution in [0.4, 0.5) is 0 Å². The molecule has 0 N–H and O–H groups in total. The molecule has 8 heteroatoms. The Morgan fingerprint density at radius 1 is 0.970 bits per heavy atom. The molecule has 0 aliphatic rings. The molecule has 3 aromatic carbocycles. The number of carbonyl (C=O) groups excluding carboxylic acids is 1. The molecule has 1 heterocycles. The van der Waals surface area contributed by atoms with Crippen molar-refractivity contribution in [1.82, 2.24) is 14.8 Å². The maximum atomic E-state index is 12.7. The van der Waals surface area contributed by atoms with Gasteiger partial charge < -0.3 is 9.47 Å². The van der Waals surface area contributed by atoms with Gasteiger partial charge in [-0.1, -0.05) is 35.5 Å². The number of methoxy groups -OCH3 is 2. The predicted octanol–water partition coefficient (Wildman–Crippen LogP) is 5.89. The quantitative estimate of drug-likeness (QED) is 0.232. The average molecular weight is 480 g/mol. The van der Waals surface area contributed by atoms with Gasteiger partial charge in [-0.3, -0.25) is 9.36 Å². The zero-order chi connectivity index (χ0) is 23.4. The van der Waals surface area contributed by atoms with Crippen LogP contribution < -0.4 is 9.47 Å². The topological polar surface area (TPSA) is 66.2 Å². The lowest BCUT2D eigenvalue weighted by molar-refractivity contribution is 0.102. The number of halogens is 1. The van der Waals surface area contributed by atoms with Gasteiger partial charge in [0.1, 0.15) is 0 Å². The van der Waals surface area contributed by atoms with Crippen LogP contribution in [0.2, 0.25) is 5.02 Å². The van der Waals surface area contributed by atoms with Crippen molar-refractivity contribution in [3.8, 4) is 28.6 Å². The van der Waals surface area contributed by atoms with Crippen LogP contribution in [0.15, 0.2) is 71.9 Å². The summed E-state index contributed by atoms with van der Waals surface area (Å²) in [4.78, 5) is 12.7. The predicted molar refractivity (Wildman–Crippen MR) is 131 cm³/mol. The van der Waals surface area contributed by atoms with Crippen LogP contribution in [-0.4, -0.2) is 40.5 Å². The number of ether oxygens (including phenoxy) is 2. The molecule has 1 aromatic heterocycles. The summed E-state index contributed by atoms with van der Waals surface area (Å²) in [7, 11) is 3.19. The third kappa shape index (κ3) is 5.05. The summed E-state index contributed by atoms with van der Waals surface area (Å²) in [6.07, 6.45) is 0. The number of rotatable bonds is 8. The van der Waals surface area contributed by atoms with Crippen molar-refractivity contribution in [2.75, 3.05) is 20.0 Å². The van der Waals surface area contributed by atoms with Crippen molar-refractivity contribution in [1.29, 1.82) is 0 Å². The first-order valence-electron chi connectivity index (χ1n) is 10.2. The van der Waals surface area contributed by atoms with Crippen molar-refractivity contribution in [3.63, 3.8) is 0 Å². The van der Waals surface area contributed by atoms with Crippen LogP contribution in [0.25, 0.3) is 17.1 Å². The smallest absolute Gasteiger partial charge is 0.196 e. The molecule has 0 atom stereocenters. The molecule has 0 aliphatic heterocycles. The van der Waals surface area contributed by atoms with Crippen LogP contribution in [0.3, 0.4) is 0 Å². The van der Waals surface area contributed by atoms with Gasteiger partial charge in [-0.2, -0.15) is 0 Å². The Kier molecular flexibility index (Phi) is 7.01. The van der Waals surface area contributed by atoms with E-state index in [1.54, 1.807) is 38.5 Å². The first-order chi connectivity index (χ1) is 16.0. The summed E-state index contributed by atoms with van der Waals surface area (Å²) in [6.45, 7) is 2.03. The fourth-order valence-electron chi connectivity index (χ4n) is 3.37.